The number of aromatic nitrogens is 5. The molecule has 0 radical (unpaired) electrons. The van der Waals surface area contributed by atoms with Gasteiger partial charge in [0, 0.05) is 20.7 Å². The largest absolute Gasteiger partial charge is 0.383 e. The Morgan fingerprint density at radius 3 is 3.00 bits per heavy atom. The predicted octanol–water partition coefficient (Wildman–Crippen LogP) is 1.70. The Hall–Kier alpha value is -2.94. The first-order valence-electron chi connectivity index (χ1n) is 8.40. The highest BCUT2D eigenvalue weighted by Crippen LogP contribution is 2.15. The van der Waals surface area contributed by atoms with Crippen molar-refractivity contribution in [1.82, 2.24) is 34.9 Å². The van der Waals surface area contributed by atoms with Crippen molar-refractivity contribution in [2.75, 3.05) is 20.8 Å². The van der Waals surface area contributed by atoms with E-state index in [2.05, 4.69) is 25.5 Å². The van der Waals surface area contributed by atoms with E-state index in [0.717, 1.165) is 16.9 Å². The number of nitrogens with one attached hydrogen (secondary N) is 2. The van der Waals surface area contributed by atoms with E-state index in [1.54, 1.807) is 25.4 Å². The van der Waals surface area contributed by atoms with Crippen molar-refractivity contribution in [2.24, 2.45) is 0 Å². The van der Waals surface area contributed by atoms with Crippen LogP contribution in [0.15, 0.2) is 30.6 Å². The van der Waals surface area contributed by atoms with Gasteiger partial charge in [-0.15, -0.1) is 10.2 Å². The van der Waals surface area contributed by atoms with Crippen molar-refractivity contribution in [3.63, 3.8) is 0 Å². The number of hydrogen-bond donors (Lipinski definition) is 2. The number of imidazole rings is 1. The fraction of sp³-hybridized carbons (Fsp3) is 0.412. The van der Waals surface area contributed by atoms with Crippen LogP contribution in [0.2, 0.25) is 0 Å². The number of amides is 2. The molecular weight excluding hydrogens is 334 g/mol. The number of carbonyl (C=O) groups excluding carboxylic acids is 1. The van der Waals surface area contributed by atoms with Gasteiger partial charge in [0.05, 0.1) is 30.2 Å². The number of aromatic amines is 1. The fourth-order valence-electron chi connectivity index (χ4n) is 2.60. The lowest BCUT2D eigenvalue weighted by atomic mass is 10.3. The lowest BCUT2D eigenvalue weighted by Crippen LogP contribution is -2.39. The highest BCUT2D eigenvalue weighted by molar-refractivity contribution is 5.76. The monoisotopic (exact) mass is 357 g/mol. The number of rotatable bonds is 7. The van der Waals surface area contributed by atoms with Gasteiger partial charge < -0.3 is 24.5 Å². The molecule has 0 unspecified atom stereocenters. The third-order valence-electron chi connectivity index (χ3n) is 4.12. The van der Waals surface area contributed by atoms with E-state index in [-0.39, 0.29) is 12.1 Å². The van der Waals surface area contributed by atoms with Gasteiger partial charge in [-0.05, 0) is 19.1 Å². The van der Waals surface area contributed by atoms with Gasteiger partial charge in [0.2, 0.25) is 0 Å². The zero-order valence-electron chi connectivity index (χ0n) is 15.1. The summed E-state index contributed by atoms with van der Waals surface area (Å²) in [5.41, 5.74) is 1.83. The molecule has 3 aromatic rings. The van der Waals surface area contributed by atoms with Crippen molar-refractivity contribution in [3.05, 3.63) is 42.2 Å². The summed E-state index contributed by atoms with van der Waals surface area (Å²) in [4.78, 5) is 21.8. The van der Waals surface area contributed by atoms with E-state index in [0.29, 0.717) is 25.5 Å². The molecular formula is C17H23N7O2. The van der Waals surface area contributed by atoms with Gasteiger partial charge in [-0.2, -0.15) is 0 Å². The summed E-state index contributed by atoms with van der Waals surface area (Å²) < 4.78 is 6.94. The van der Waals surface area contributed by atoms with Crippen LogP contribution in [0.1, 0.15) is 24.6 Å². The van der Waals surface area contributed by atoms with E-state index in [9.17, 15) is 4.79 Å². The van der Waals surface area contributed by atoms with E-state index >= 15 is 0 Å². The minimum Gasteiger partial charge on any atom is -0.383 e. The van der Waals surface area contributed by atoms with Crippen LogP contribution in [0.5, 0.6) is 0 Å². The van der Waals surface area contributed by atoms with Crippen molar-refractivity contribution < 1.29 is 9.53 Å². The van der Waals surface area contributed by atoms with E-state index in [1.165, 1.54) is 0 Å². The maximum Gasteiger partial charge on any atom is 0.318 e. The van der Waals surface area contributed by atoms with Gasteiger partial charge in [0.1, 0.15) is 12.2 Å². The molecule has 0 aliphatic rings. The second-order valence-corrected chi connectivity index (χ2v) is 6.10. The molecule has 2 heterocycles. The summed E-state index contributed by atoms with van der Waals surface area (Å²) in [6.45, 7) is 3.45. The molecule has 9 heteroatoms. The van der Waals surface area contributed by atoms with Crippen LogP contribution in [0.4, 0.5) is 4.79 Å². The summed E-state index contributed by atoms with van der Waals surface area (Å²) in [7, 11) is 3.36. The summed E-state index contributed by atoms with van der Waals surface area (Å²) in [6, 6.07) is 7.32. The van der Waals surface area contributed by atoms with E-state index in [4.69, 9.17) is 4.74 Å². The van der Waals surface area contributed by atoms with Crippen molar-refractivity contribution in [3.8, 4) is 0 Å². The molecule has 138 valence electrons. The number of methoxy groups -OCH3 is 1. The molecule has 1 aromatic carbocycles. The maximum atomic E-state index is 12.5. The molecule has 0 aliphatic heterocycles. The summed E-state index contributed by atoms with van der Waals surface area (Å²) >= 11 is 0. The van der Waals surface area contributed by atoms with Crippen molar-refractivity contribution >= 4 is 17.1 Å². The van der Waals surface area contributed by atoms with E-state index in [1.807, 2.05) is 35.8 Å². The zero-order chi connectivity index (χ0) is 18.5. The molecule has 0 fully saturated rings. The Morgan fingerprint density at radius 1 is 1.42 bits per heavy atom. The van der Waals surface area contributed by atoms with Gasteiger partial charge >= 0.3 is 6.03 Å². The molecule has 3 rings (SSSR count). The van der Waals surface area contributed by atoms with Crippen LogP contribution in [0, 0.1) is 0 Å². The molecule has 0 saturated carbocycles. The number of fused-ring (bicyclic) bond motifs is 1. The molecule has 1 atom stereocenters. The summed E-state index contributed by atoms with van der Waals surface area (Å²) in [5.74, 6) is 1.42. The fourth-order valence-corrected chi connectivity index (χ4v) is 2.60. The van der Waals surface area contributed by atoms with Crippen LogP contribution in [-0.2, 0) is 17.8 Å². The molecule has 0 aliphatic carbocycles. The zero-order valence-corrected chi connectivity index (χ0v) is 15.1. The van der Waals surface area contributed by atoms with Gasteiger partial charge in [0.25, 0.3) is 0 Å². The van der Waals surface area contributed by atoms with Crippen LogP contribution < -0.4 is 5.32 Å². The average molecular weight is 357 g/mol. The third kappa shape index (κ3) is 3.99. The van der Waals surface area contributed by atoms with Gasteiger partial charge in [-0.25, -0.2) is 9.78 Å². The Balaban J connectivity index is 1.61. The number of H-pyrrole nitrogens is 1. The lowest BCUT2D eigenvalue weighted by molar-refractivity contribution is 0.183. The molecule has 2 N–H and O–H groups in total. The van der Waals surface area contributed by atoms with Crippen LogP contribution in [-0.4, -0.2) is 56.4 Å². The number of carbonyl (C=O) groups is 1. The molecule has 0 spiro atoms. The van der Waals surface area contributed by atoms with Crippen LogP contribution >= 0.6 is 0 Å². The minimum atomic E-state index is -0.247. The predicted molar refractivity (Wildman–Crippen MR) is 96.4 cm³/mol. The normalized spacial score (nSPS) is 12.3. The second-order valence-electron chi connectivity index (χ2n) is 6.10. The Morgan fingerprint density at radius 2 is 2.23 bits per heavy atom. The Kier molecular flexibility index (Phi) is 5.47. The number of nitrogens with zero attached hydrogens (tertiary/aromatic N) is 5. The number of urea groups is 1. The highest BCUT2D eigenvalue weighted by atomic mass is 16.5. The number of benzene rings is 1. The van der Waals surface area contributed by atoms with Gasteiger partial charge in [-0.1, -0.05) is 12.1 Å². The molecule has 2 amide bonds. The summed E-state index contributed by atoms with van der Waals surface area (Å²) in [5, 5.41) is 10.9. The quantitative estimate of drug-likeness (QED) is 0.670. The average Bonchev–Trinajstić information content (AvgIpc) is 3.26. The SMILES string of the molecule is COCCn1cnnc1CN(C)C(=O)N[C@H](C)c1nc2ccccc2[nH]1. The highest BCUT2D eigenvalue weighted by Gasteiger charge is 2.18. The van der Waals surface area contributed by atoms with E-state index < -0.39 is 0 Å². The molecule has 9 nitrogen and oxygen atoms in total. The van der Waals surface area contributed by atoms with Crippen molar-refractivity contribution in [2.45, 2.75) is 26.1 Å². The molecule has 2 aromatic heterocycles. The Labute approximate surface area is 151 Å². The van der Waals surface area contributed by atoms with Crippen molar-refractivity contribution in [1.29, 1.82) is 0 Å². The number of ether oxygens (including phenoxy) is 1. The topological polar surface area (TPSA) is 101 Å². The van der Waals surface area contributed by atoms with Crippen LogP contribution in [0.3, 0.4) is 0 Å². The molecule has 26 heavy (non-hydrogen) atoms. The summed E-state index contributed by atoms with van der Waals surface area (Å²) in [6.07, 6.45) is 1.64. The maximum absolute atomic E-state index is 12.5. The molecule has 0 bridgehead atoms. The smallest absolute Gasteiger partial charge is 0.318 e. The standard InChI is InChI=1S/C17H23N7O2/c1-12(16-20-13-6-4-5-7-14(13)21-16)19-17(25)23(2)10-15-22-18-11-24(15)8-9-26-3/h4-7,11-12H,8-10H2,1-3H3,(H,19,25)(H,20,21)/t12-/m1/s1. The van der Waals surface area contributed by atoms with Crippen LogP contribution in [0.25, 0.3) is 11.0 Å². The Bertz CT molecular complexity index is 840. The lowest BCUT2D eigenvalue weighted by Gasteiger charge is -2.20. The first-order chi connectivity index (χ1) is 12.6. The second kappa shape index (κ2) is 7.96. The number of hydrogen-bond acceptors (Lipinski definition) is 5. The van der Waals surface area contributed by atoms with Gasteiger partial charge in [-0.3, -0.25) is 0 Å². The minimum absolute atomic E-state index is 0.209. The first kappa shape index (κ1) is 17.9. The first-order valence-corrected chi connectivity index (χ1v) is 8.40. The third-order valence-corrected chi connectivity index (χ3v) is 4.12. The van der Waals surface area contributed by atoms with Gasteiger partial charge in [0.15, 0.2) is 5.82 Å². The number of para-hydroxylation sites is 2. The molecule has 0 saturated heterocycles.